The monoisotopic (exact) mass is 206 g/mol. The number of fused-ring (bicyclic) bond motifs is 1. The molecular formula is C11H11FN2O. The Balaban J connectivity index is 2.74. The fourth-order valence-electron chi connectivity index (χ4n) is 1.63. The van der Waals surface area contributed by atoms with Crippen molar-refractivity contribution in [1.82, 2.24) is 9.97 Å². The molecule has 15 heavy (non-hydrogen) atoms. The van der Waals surface area contributed by atoms with E-state index in [0.29, 0.717) is 5.52 Å². The summed E-state index contributed by atoms with van der Waals surface area (Å²) in [5, 5.41) is 0.817. The molecule has 0 spiro atoms. The second-order valence-corrected chi connectivity index (χ2v) is 3.43. The SMILES string of the molecule is CCCc1[nH]c(=O)nc2cc(F)ccc12. The van der Waals surface area contributed by atoms with E-state index in [1.54, 1.807) is 6.07 Å². The van der Waals surface area contributed by atoms with Crippen molar-refractivity contribution in [1.29, 1.82) is 0 Å². The second kappa shape index (κ2) is 3.81. The summed E-state index contributed by atoms with van der Waals surface area (Å²) in [5.74, 6) is -0.372. The van der Waals surface area contributed by atoms with Crippen LogP contribution < -0.4 is 5.69 Å². The number of hydrogen-bond donors (Lipinski definition) is 1. The Labute approximate surface area is 86.0 Å². The van der Waals surface area contributed by atoms with Crippen LogP contribution in [0.25, 0.3) is 10.9 Å². The molecule has 0 unspecified atom stereocenters. The van der Waals surface area contributed by atoms with Gasteiger partial charge in [-0.3, -0.25) is 0 Å². The zero-order valence-corrected chi connectivity index (χ0v) is 8.38. The number of aromatic nitrogens is 2. The molecule has 1 N–H and O–H groups in total. The van der Waals surface area contributed by atoms with Gasteiger partial charge in [0.15, 0.2) is 0 Å². The van der Waals surface area contributed by atoms with Crippen LogP contribution >= 0.6 is 0 Å². The van der Waals surface area contributed by atoms with Crippen LogP contribution in [0.5, 0.6) is 0 Å². The standard InChI is InChI=1S/C11H11FN2O/c1-2-3-9-8-5-4-7(12)6-10(8)14-11(15)13-9/h4-6H,2-3H2,1H3,(H,13,14,15). The summed E-state index contributed by atoms with van der Waals surface area (Å²) in [6.45, 7) is 2.02. The number of rotatable bonds is 2. The predicted molar refractivity (Wildman–Crippen MR) is 56.3 cm³/mol. The van der Waals surface area contributed by atoms with Gasteiger partial charge in [0.2, 0.25) is 0 Å². The molecule has 0 aliphatic rings. The van der Waals surface area contributed by atoms with E-state index in [9.17, 15) is 9.18 Å². The van der Waals surface area contributed by atoms with Crippen molar-refractivity contribution in [2.75, 3.05) is 0 Å². The summed E-state index contributed by atoms with van der Waals surface area (Å²) in [6, 6.07) is 4.31. The highest BCUT2D eigenvalue weighted by molar-refractivity contribution is 5.80. The smallest absolute Gasteiger partial charge is 0.309 e. The van der Waals surface area contributed by atoms with Gasteiger partial charge in [0, 0.05) is 17.1 Å². The number of halogens is 1. The number of hydrogen-bond acceptors (Lipinski definition) is 2. The number of H-pyrrole nitrogens is 1. The van der Waals surface area contributed by atoms with Gasteiger partial charge in [-0.15, -0.1) is 0 Å². The van der Waals surface area contributed by atoms with Gasteiger partial charge in [0.1, 0.15) is 5.82 Å². The van der Waals surface area contributed by atoms with E-state index in [-0.39, 0.29) is 5.82 Å². The number of aromatic amines is 1. The Morgan fingerprint density at radius 1 is 1.47 bits per heavy atom. The Kier molecular flexibility index (Phi) is 2.49. The maximum atomic E-state index is 12.9. The molecule has 2 aromatic rings. The average molecular weight is 206 g/mol. The highest BCUT2D eigenvalue weighted by atomic mass is 19.1. The largest absolute Gasteiger partial charge is 0.345 e. The third kappa shape index (κ3) is 1.88. The number of nitrogens with zero attached hydrogens (tertiary/aromatic N) is 1. The number of nitrogens with one attached hydrogen (secondary N) is 1. The molecule has 0 aliphatic heterocycles. The van der Waals surface area contributed by atoms with E-state index < -0.39 is 5.69 Å². The number of aryl methyl sites for hydroxylation is 1. The Bertz CT molecular complexity index is 548. The Morgan fingerprint density at radius 3 is 3.00 bits per heavy atom. The molecule has 1 aromatic carbocycles. The van der Waals surface area contributed by atoms with Gasteiger partial charge in [-0.2, -0.15) is 4.98 Å². The molecule has 0 fully saturated rings. The van der Waals surface area contributed by atoms with E-state index in [0.717, 1.165) is 23.9 Å². The molecular weight excluding hydrogens is 195 g/mol. The van der Waals surface area contributed by atoms with Gasteiger partial charge >= 0.3 is 5.69 Å². The van der Waals surface area contributed by atoms with E-state index in [2.05, 4.69) is 9.97 Å². The van der Waals surface area contributed by atoms with Gasteiger partial charge in [0.05, 0.1) is 5.52 Å². The third-order valence-corrected chi connectivity index (χ3v) is 2.26. The lowest BCUT2D eigenvalue weighted by atomic mass is 10.1. The van der Waals surface area contributed by atoms with Crippen LogP contribution in [-0.4, -0.2) is 9.97 Å². The lowest BCUT2D eigenvalue weighted by molar-refractivity contribution is 0.629. The van der Waals surface area contributed by atoms with Crippen LogP contribution in [-0.2, 0) is 6.42 Å². The maximum absolute atomic E-state index is 12.9. The molecule has 0 amide bonds. The van der Waals surface area contributed by atoms with E-state index >= 15 is 0 Å². The molecule has 0 saturated heterocycles. The van der Waals surface area contributed by atoms with E-state index in [4.69, 9.17) is 0 Å². The first-order valence-electron chi connectivity index (χ1n) is 4.89. The first kappa shape index (κ1) is 9.83. The zero-order valence-electron chi connectivity index (χ0n) is 8.38. The molecule has 4 heteroatoms. The van der Waals surface area contributed by atoms with Crippen molar-refractivity contribution in [2.45, 2.75) is 19.8 Å². The molecule has 3 nitrogen and oxygen atoms in total. The van der Waals surface area contributed by atoms with Crippen LogP contribution in [0.4, 0.5) is 4.39 Å². The summed E-state index contributed by atoms with van der Waals surface area (Å²) in [6.07, 6.45) is 1.69. The highest BCUT2D eigenvalue weighted by Crippen LogP contribution is 2.15. The van der Waals surface area contributed by atoms with Gasteiger partial charge in [-0.1, -0.05) is 13.3 Å². The molecule has 2 rings (SSSR count). The van der Waals surface area contributed by atoms with Crippen molar-refractivity contribution in [3.05, 3.63) is 40.2 Å². The van der Waals surface area contributed by atoms with Crippen LogP contribution in [0.2, 0.25) is 0 Å². The van der Waals surface area contributed by atoms with Crippen molar-refractivity contribution in [2.24, 2.45) is 0 Å². The van der Waals surface area contributed by atoms with Crippen LogP contribution in [0.3, 0.4) is 0 Å². The normalized spacial score (nSPS) is 10.8. The minimum absolute atomic E-state index is 0.372. The topological polar surface area (TPSA) is 45.8 Å². The summed E-state index contributed by atoms with van der Waals surface area (Å²) in [4.78, 5) is 17.6. The minimum Gasteiger partial charge on any atom is -0.309 e. The number of benzene rings is 1. The first-order valence-corrected chi connectivity index (χ1v) is 4.89. The van der Waals surface area contributed by atoms with Crippen LogP contribution in [0.15, 0.2) is 23.0 Å². The quantitative estimate of drug-likeness (QED) is 0.817. The Morgan fingerprint density at radius 2 is 2.27 bits per heavy atom. The van der Waals surface area contributed by atoms with Gasteiger partial charge in [-0.05, 0) is 18.6 Å². The summed E-state index contributed by atoms with van der Waals surface area (Å²) >= 11 is 0. The fourth-order valence-corrected chi connectivity index (χ4v) is 1.63. The Hall–Kier alpha value is -1.71. The molecule has 0 aliphatic carbocycles. The van der Waals surface area contributed by atoms with Crippen molar-refractivity contribution in [3.63, 3.8) is 0 Å². The second-order valence-electron chi connectivity index (χ2n) is 3.43. The van der Waals surface area contributed by atoms with Crippen LogP contribution in [0.1, 0.15) is 19.0 Å². The molecule has 0 saturated carbocycles. The summed E-state index contributed by atoms with van der Waals surface area (Å²) < 4.78 is 12.9. The van der Waals surface area contributed by atoms with Crippen molar-refractivity contribution < 1.29 is 4.39 Å². The maximum Gasteiger partial charge on any atom is 0.345 e. The predicted octanol–water partition coefficient (Wildman–Crippen LogP) is 2.01. The van der Waals surface area contributed by atoms with Gasteiger partial charge in [-0.25, -0.2) is 9.18 Å². The van der Waals surface area contributed by atoms with Crippen molar-refractivity contribution >= 4 is 10.9 Å². The minimum atomic E-state index is -0.420. The molecule has 1 aromatic heterocycles. The van der Waals surface area contributed by atoms with E-state index in [1.165, 1.54) is 12.1 Å². The summed E-state index contributed by atoms with van der Waals surface area (Å²) in [7, 11) is 0. The lowest BCUT2D eigenvalue weighted by Gasteiger charge is -2.03. The first-order chi connectivity index (χ1) is 7.20. The average Bonchev–Trinajstić information content (AvgIpc) is 2.17. The van der Waals surface area contributed by atoms with E-state index in [1.807, 2.05) is 6.92 Å². The molecule has 78 valence electrons. The molecule has 1 heterocycles. The lowest BCUT2D eigenvalue weighted by Crippen LogP contribution is -2.13. The zero-order chi connectivity index (χ0) is 10.8. The fraction of sp³-hybridized carbons (Fsp3) is 0.273. The van der Waals surface area contributed by atoms with Crippen molar-refractivity contribution in [3.8, 4) is 0 Å². The molecule has 0 atom stereocenters. The summed E-state index contributed by atoms with van der Waals surface area (Å²) in [5.41, 5.74) is 0.825. The third-order valence-electron chi connectivity index (χ3n) is 2.26. The molecule has 0 radical (unpaired) electrons. The highest BCUT2D eigenvalue weighted by Gasteiger charge is 2.04. The molecule has 0 bridgehead atoms. The van der Waals surface area contributed by atoms with Gasteiger partial charge in [0.25, 0.3) is 0 Å². The van der Waals surface area contributed by atoms with Crippen LogP contribution in [0, 0.1) is 5.82 Å². The van der Waals surface area contributed by atoms with Gasteiger partial charge < -0.3 is 4.98 Å².